The summed E-state index contributed by atoms with van der Waals surface area (Å²) in [6.45, 7) is 3.68. The zero-order chi connectivity index (χ0) is 21.2. The van der Waals surface area contributed by atoms with Gasteiger partial charge in [0.05, 0.1) is 17.7 Å². The Hall–Kier alpha value is -3.11. The number of hydrogen-bond acceptors (Lipinski definition) is 8. The van der Waals surface area contributed by atoms with E-state index >= 15 is 0 Å². The van der Waals surface area contributed by atoms with Crippen LogP contribution in [0.2, 0.25) is 0 Å². The van der Waals surface area contributed by atoms with E-state index in [2.05, 4.69) is 42.3 Å². The number of pyridine rings is 1. The second-order valence-electron chi connectivity index (χ2n) is 8.04. The van der Waals surface area contributed by atoms with Crippen molar-refractivity contribution >= 4 is 17.5 Å². The molecule has 0 spiro atoms. The molecule has 2 fully saturated rings. The van der Waals surface area contributed by atoms with Crippen LogP contribution >= 0.6 is 0 Å². The number of anilines is 1. The van der Waals surface area contributed by atoms with Crippen LogP contribution in [-0.2, 0) is 4.74 Å². The molecule has 0 aromatic carbocycles. The molecular formula is C21H26N8O2. The fourth-order valence-electron chi connectivity index (χ4n) is 4.17. The third-order valence-corrected chi connectivity index (χ3v) is 5.99. The van der Waals surface area contributed by atoms with E-state index in [-0.39, 0.29) is 18.1 Å². The highest BCUT2D eigenvalue weighted by Crippen LogP contribution is 2.25. The molecule has 3 aromatic rings. The summed E-state index contributed by atoms with van der Waals surface area (Å²) in [4.78, 5) is 25.9. The summed E-state index contributed by atoms with van der Waals surface area (Å²) in [6.07, 6.45) is 7.48. The lowest BCUT2D eigenvalue weighted by atomic mass is 10.1. The van der Waals surface area contributed by atoms with Crippen LogP contribution in [0.5, 0.6) is 0 Å². The highest BCUT2D eigenvalue weighted by Gasteiger charge is 2.30. The quantitative estimate of drug-likeness (QED) is 0.648. The predicted molar refractivity (Wildman–Crippen MR) is 114 cm³/mol. The number of carbonyl (C=O) groups is 1. The van der Waals surface area contributed by atoms with E-state index in [0.717, 1.165) is 38.4 Å². The molecule has 0 aliphatic carbocycles. The van der Waals surface area contributed by atoms with Gasteiger partial charge in [-0.25, -0.2) is 9.97 Å². The molecule has 2 aliphatic heterocycles. The molecule has 10 heteroatoms. The van der Waals surface area contributed by atoms with Gasteiger partial charge in [-0.1, -0.05) is 0 Å². The molecule has 1 amide bonds. The first-order valence-corrected chi connectivity index (χ1v) is 10.7. The van der Waals surface area contributed by atoms with E-state index in [1.165, 1.54) is 0 Å². The first-order valence-electron chi connectivity index (χ1n) is 10.7. The standard InChI is InChI=1S/C21H26N8O2/c1-27-9-10-28(21-22-7-3-8-23-21)14-17(27)19-26-25-18-6-5-15(13-29(18)19)20(30)24-12-16-4-2-11-31-16/h3,5-8,13,16-17H,2,4,9-12,14H2,1H3,(H,24,30)/t16-,17-/m1/s1. The van der Waals surface area contributed by atoms with Crippen molar-refractivity contribution in [1.82, 2.24) is 34.8 Å². The Balaban J connectivity index is 1.37. The molecule has 2 aliphatic rings. The minimum Gasteiger partial charge on any atom is -0.376 e. The smallest absolute Gasteiger partial charge is 0.252 e. The maximum Gasteiger partial charge on any atom is 0.252 e. The van der Waals surface area contributed by atoms with Gasteiger partial charge < -0.3 is 15.0 Å². The van der Waals surface area contributed by atoms with E-state index in [0.29, 0.717) is 30.2 Å². The van der Waals surface area contributed by atoms with Gasteiger partial charge in [-0.15, -0.1) is 10.2 Å². The van der Waals surface area contributed by atoms with Crippen molar-refractivity contribution in [3.8, 4) is 0 Å². The number of carbonyl (C=O) groups excluding carboxylic acids is 1. The zero-order valence-electron chi connectivity index (χ0n) is 17.5. The minimum atomic E-state index is -0.117. The second kappa shape index (κ2) is 8.56. The highest BCUT2D eigenvalue weighted by molar-refractivity contribution is 5.94. The van der Waals surface area contributed by atoms with Crippen molar-refractivity contribution in [3.63, 3.8) is 0 Å². The lowest BCUT2D eigenvalue weighted by Gasteiger charge is -2.38. The Morgan fingerprint density at radius 3 is 2.90 bits per heavy atom. The number of amides is 1. The second-order valence-corrected chi connectivity index (χ2v) is 8.04. The van der Waals surface area contributed by atoms with Crippen molar-refractivity contribution in [2.75, 3.05) is 44.7 Å². The van der Waals surface area contributed by atoms with Gasteiger partial charge in [-0.05, 0) is 38.1 Å². The fourth-order valence-corrected chi connectivity index (χ4v) is 4.17. The summed E-state index contributed by atoms with van der Waals surface area (Å²) in [5, 5.41) is 11.8. The van der Waals surface area contributed by atoms with Crippen molar-refractivity contribution in [2.45, 2.75) is 25.0 Å². The summed E-state index contributed by atoms with van der Waals surface area (Å²) in [5.74, 6) is 1.39. The van der Waals surface area contributed by atoms with Crippen LogP contribution in [0.3, 0.4) is 0 Å². The molecule has 2 atom stereocenters. The van der Waals surface area contributed by atoms with Gasteiger partial charge in [-0.3, -0.25) is 14.1 Å². The van der Waals surface area contributed by atoms with Crippen LogP contribution in [0, 0.1) is 0 Å². The van der Waals surface area contributed by atoms with E-state index in [9.17, 15) is 4.79 Å². The predicted octanol–water partition coefficient (Wildman–Crippen LogP) is 0.921. The highest BCUT2D eigenvalue weighted by atomic mass is 16.5. The molecule has 2 saturated heterocycles. The van der Waals surface area contributed by atoms with Crippen LogP contribution in [0.25, 0.3) is 5.65 Å². The molecule has 0 unspecified atom stereocenters. The van der Waals surface area contributed by atoms with Gasteiger partial charge in [0.15, 0.2) is 11.5 Å². The van der Waals surface area contributed by atoms with Crippen LogP contribution in [0.4, 0.5) is 5.95 Å². The van der Waals surface area contributed by atoms with Gasteiger partial charge in [-0.2, -0.15) is 0 Å². The van der Waals surface area contributed by atoms with Gasteiger partial charge in [0.2, 0.25) is 5.95 Å². The maximum atomic E-state index is 12.7. The molecule has 31 heavy (non-hydrogen) atoms. The van der Waals surface area contributed by atoms with E-state index in [1.807, 2.05) is 22.7 Å². The summed E-state index contributed by atoms with van der Waals surface area (Å²) < 4.78 is 7.51. The van der Waals surface area contributed by atoms with Crippen LogP contribution in [-0.4, -0.2) is 81.3 Å². The lowest BCUT2D eigenvalue weighted by molar-refractivity contribution is 0.0857. The normalized spacial score (nSPS) is 22.2. The lowest BCUT2D eigenvalue weighted by Crippen LogP contribution is -2.48. The van der Waals surface area contributed by atoms with Gasteiger partial charge in [0, 0.05) is 51.4 Å². The molecular weight excluding hydrogens is 396 g/mol. The molecule has 3 aromatic heterocycles. The number of fused-ring (bicyclic) bond motifs is 1. The molecule has 5 rings (SSSR count). The summed E-state index contributed by atoms with van der Waals surface area (Å²) in [6, 6.07) is 5.43. The van der Waals surface area contributed by atoms with Crippen molar-refractivity contribution in [1.29, 1.82) is 0 Å². The van der Waals surface area contributed by atoms with Crippen molar-refractivity contribution < 1.29 is 9.53 Å². The molecule has 0 radical (unpaired) electrons. The third-order valence-electron chi connectivity index (χ3n) is 5.99. The molecule has 162 valence electrons. The van der Waals surface area contributed by atoms with E-state index in [4.69, 9.17) is 4.74 Å². The summed E-state index contributed by atoms with van der Waals surface area (Å²) in [5.41, 5.74) is 1.29. The number of ether oxygens (including phenoxy) is 1. The van der Waals surface area contributed by atoms with E-state index < -0.39 is 0 Å². The third kappa shape index (κ3) is 4.08. The van der Waals surface area contributed by atoms with Crippen LogP contribution in [0.1, 0.15) is 35.1 Å². The minimum absolute atomic E-state index is 0.00208. The first-order chi connectivity index (χ1) is 15.2. The van der Waals surface area contributed by atoms with Crippen molar-refractivity contribution in [2.24, 2.45) is 0 Å². The molecule has 0 bridgehead atoms. The Bertz CT molecular complexity index is 1050. The average molecular weight is 422 g/mol. The largest absolute Gasteiger partial charge is 0.376 e. The Labute approximate surface area is 180 Å². The number of piperazine rings is 1. The Kier molecular flexibility index (Phi) is 5.47. The van der Waals surface area contributed by atoms with Crippen LogP contribution < -0.4 is 10.2 Å². The number of nitrogens with zero attached hydrogens (tertiary/aromatic N) is 7. The molecule has 5 heterocycles. The van der Waals surface area contributed by atoms with E-state index in [1.54, 1.807) is 18.5 Å². The summed E-state index contributed by atoms with van der Waals surface area (Å²) >= 11 is 0. The molecule has 1 N–H and O–H groups in total. The number of rotatable bonds is 5. The number of aromatic nitrogens is 5. The Morgan fingerprint density at radius 1 is 1.23 bits per heavy atom. The first kappa shape index (κ1) is 19.8. The number of nitrogens with one attached hydrogen (secondary N) is 1. The monoisotopic (exact) mass is 422 g/mol. The zero-order valence-corrected chi connectivity index (χ0v) is 17.5. The van der Waals surface area contributed by atoms with Crippen LogP contribution in [0.15, 0.2) is 36.8 Å². The number of likely N-dealkylation sites (N-methyl/N-ethyl adjacent to an activating group) is 1. The average Bonchev–Trinajstić information content (AvgIpc) is 3.48. The van der Waals surface area contributed by atoms with Gasteiger partial charge >= 0.3 is 0 Å². The summed E-state index contributed by atoms with van der Waals surface area (Å²) in [7, 11) is 2.08. The maximum absolute atomic E-state index is 12.7. The van der Waals surface area contributed by atoms with Gasteiger partial charge in [0.1, 0.15) is 0 Å². The topological polar surface area (TPSA) is 101 Å². The molecule has 10 nitrogen and oxygen atoms in total. The van der Waals surface area contributed by atoms with Crippen molar-refractivity contribution in [3.05, 3.63) is 48.2 Å². The fraction of sp³-hybridized carbons (Fsp3) is 0.476. The molecule has 0 saturated carbocycles. The number of hydrogen-bond donors (Lipinski definition) is 1. The Morgan fingerprint density at radius 2 is 2.10 bits per heavy atom. The SMILES string of the molecule is CN1CCN(c2ncccn2)C[C@@H]1c1nnc2ccc(C(=O)NC[C@H]3CCCO3)cn12. The van der Waals surface area contributed by atoms with Gasteiger partial charge in [0.25, 0.3) is 5.91 Å².